The number of pyridine rings is 1. The van der Waals surface area contributed by atoms with Gasteiger partial charge in [0.15, 0.2) is 0 Å². The van der Waals surface area contributed by atoms with E-state index in [9.17, 15) is 9.59 Å². The predicted octanol–water partition coefficient (Wildman–Crippen LogP) is 3.57. The standard InChI is InChI=1S/C23H25N3O2/c1-25(2)15-16-9-11-17(12-10-16)21-8-5-13-26(21)23(28)20-14-24-22(27)19-7-4-3-6-18(19)20/h3-4,6-7,9-12,14,21H,5,8,13,15H2,1-2H3,(H,24,27). The minimum absolute atomic E-state index is 0.0210. The summed E-state index contributed by atoms with van der Waals surface area (Å²) in [6, 6.07) is 15.9. The summed E-state index contributed by atoms with van der Waals surface area (Å²) in [7, 11) is 4.11. The number of amides is 1. The summed E-state index contributed by atoms with van der Waals surface area (Å²) in [5.41, 5.74) is 2.83. The molecule has 5 heteroatoms. The number of carbonyl (C=O) groups excluding carboxylic acids is 1. The lowest BCUT2D eigenvalue weighted by atomic mass is 10.0. The van der Waals surface area contributed by atoms with E-state index in [0.29, 0.717) is 16.3 Å². The molecule has 1 aliphatic heterocycles. The average Bonchev–Trinajstić information content (AvgIpc) is 3.18. The number of H-pyrrole nitrogens is 1. The number of fused-ring (bicyclic) bond motifs is 1. The van der Waals surface area contributed by atoms with Gasteiger partial charge in [0, 0.05) is 30.1 Å². The second-order valence-electron chi connectivity index (χ2n) is 7.71. The van der Waals surface area contributed by atoms with Crippen molar-refractivity contribution in [3.8, 4) is 0 Å². The lowest BCUT2D eigenvalue weighted by molar-refractivity contribution is 0.0737. The molecule has 1 unspecified atom stereocenters. The third-order valence-electron chi connectivity index (χ3n) is 5.42. The second kappa shape index (κ2) is 7.60. The molecule has 1 aliphatic rings. The highest BCUT2D eigenvalue weighted by atomic mass is 16.2. The maximum Gasteiger partial charge on any atom is 0.256 e. The number of aromatic nitrogens is 1. The van der Waals surface area contributed by atoms with Crippen molar-refractivity contribution in [2.45, 2.75) is 25.4 Å². The van der Waals surface area contributed by atoms with Gasteiger partial charge in [0.25, 0.3) is 11.5 Å². The van der Waals surface area contributed by atoms with Crippen molar-refractivity contribution in [3.63, 3.8) is 0 Å². The second-order valence-corrected chi connectivity index (χ2v) is 7.71. The third-order valence-corrected chi connectivity index (χ3v) is 5.42. The van der Waals surface area contributed by atoms with Crippen LogP contribution < -0.4 is 5.56 Å². The van der Waals surface area contributed by atoms with Gasteiger partial charge in [0.2, 0.25) is 0 Å². The van der Waals surface area contributed by atoms with Gasteiger partial charge in [-0.1, -0.05) is 42.5 Å². The Morgan fingerprint density at radius 2 is 1.82 bits per heavy atom. The fourth-order valence-corrected chi connectivity index (χ4v) is 4.11. The van der Waals surface area contributed by atoms with Crippen LogP contribution in [0.2, 0.25) is 0 Å². The van der Waals surface area contributed by atoms with Crippen LogP contribution in [0.5, 0.6) is 0 Å². The van der Waals surface area contributed by atoms with Crippen molar-refractivity contribution in [3.05, 3.63) is 81.8 Å². The molecule has 4 rings (SSSR count). The molecule has 0 spiro atoms. The topological polar surface area (TPSA) is 56.4 Å². The largest absolute Gasteiger partial charge is 0.332 e. The summed E-state index contributed by atoms with van der Waals surface area (Å²) in [6.45, 7) is 1.63. The first kappa shape index (κ1) is 18.4. The van der Waals surface area contributed by atoms with E-state index in [1.165, 1.54) is 11.1 Å². The lowest BCUT2D eigenvalue weighted by Gasteiger charge is -2.26. The molecular weight excluding hydrogens is 350 g/mol. The van der Waals surface area contributed by atoms with Crippen LogP contribution in [0.15, 0.2) is 59.5 Å². The van der Waals surface area contributed by atoms with Gasteiger partial charge < -0.3 is 14.8 Å². The molecule has 0 bridgehead atoms. The zero-order valence-corrected chi connectivity index (χ0v) is 16.3. The van der Waals surface area contributed by atoms with Crippen LogP contribution in [-0.2, 0) is 6.54 Å². The molecule has 144 valence electrons. The molecule has 3 aromatic rings. The quantitative estimate of drug-likeness (QED) is 0.758. The summed E-state index contributed by atoms with van der Waals surface area (Å²) in [5, 5.41) is 1.26. The summed E-state index contributed by atoms with van der Waals surface area (Å²) in [4.78, 5) is 32.3. The number of aromatic amines is 1. The molecule has 1 atom stereocenters. The number of hydrogen-bond acceptors (Lipinski definition) is 3. The molecule has 0 radical (unpaired) electrons. The maximum absolute atomic E-state index is 13.4. The van der Waals surface area contributed by atoms with Crippen LogP contribution in [0, 0.1) is 0 Å². The maximum atomic E-state index is 13.4. The number of nitrogens with one attached hydrogen (secondary N) is 1. The minimum atomic E-state index is -0.165. The van der Waals surface area contributed by atoms with E-state index in [-0.39, 0.29) is 17.5 Å². The monoisotopic (exact) mass is 375 g/mol. The Bertz CT molecular complexity index is 1050. The molecule has 1 saturated heterocycles. The lowest BCUT2D eigenvalue weighted by Crippen LogP contribution is -2.31. The summed E-state index contributed by atoms with van der Waals surface area (Å²) < 4.78 is 0. The Morgan fingerprint density at radius 1 is 1.11 bits per heavy atom. The number of likely N-dealkylation sites (tertiary alicyclic amines) is 1. The first-order valence-corrected chi connectivity index (χ1v) is 9.69. The molecule has 1 fully saturated rings. The van der Waals surface area contributed by atoms with E-state index in [1.807, 2.05) is 23.1 Å². The first-order valence-electron chi connectivity index (χ1n) is 9.69. The zero-order chi connectivity index (χ0) is 19.7. The Kier molecular flexibility index (Phi) is 5.01. The van der Waals surface area contributed by atoms with Crippen molar-refractivity contribution in [2.24, 2.45) is 0 Å². The smallest absolute Gasteiger partial charge is 0.256 e. The van der Waals surface area contributed by atoms with Gasteiger partial charge >= 0.3 is 0 Å². The van der Waals surface area contributed by atoms with Crippen LogP contribution in [0.1, 0.15) is 40.4 Å². The number of hydrogen-bond donors (Lipinski definition) is 1. The number of carbonyl (C=O) groups is 1. The molecule has 5 nitrogen and oxygen atoms in total. The molecule has 1 amide bonds. The van der Waals surface area contributed by atoms with Crippen LogP contribution in [-0.4, -0.2) is 41.3 Å². The van der Waals surface area contributed by atoms with E-state index < -0.39 is 0 Å². The molecule has 1 aromatic heterocycles. The highest BCUT2D eigenvalue weighted by Gasteiger charge is 2.31. The Hall–Kier alpha value is -2.92. The fraction of sp³-hybridized carbons (Fsp3) is 0.304. The summed E-state index contributed by atoms with van der Waals surface area (Å²) in [5.74, 6) is -0.0210. The van der Waals surface area contributed by atoms with Crippen LogP contribution in [0.3, 0.4) is 0 Å². The highest BCUT2D eigenvalue weighted by molar-refractivity contribution is 6.06. The average molecular weight is 375 g/mol. The molecule has 0 aliphatic carbocycles. The Morgan fingerprint density at radius 3 is 2.54 bits per heavy atom. The summed E-state index contributed by atoms with van der Waals surface area (Å²) >= 11 is 0. The Labute approximate surface area is 164 Å². The van der Waals surface area contributed by atoms with Crippen molar-refractivity contribution >= 4 is 16.7 Å². The van der Waals surface area contributed by atoms with Gasteiger partial charge in [-0.05, 0) is 44.1 Å². The van der Waals surface area contributed by atoms with Gasteiger partial charge in [-0.3, -0.25) is 9.59 Å². The molecule has 28 heavy (non-hydrogen) atoms. The first-order chi connectivity index (χ1) is 13.5. The normalized spacial score (nSPS) is 16.8. The highest BCUT2D eigenvalue weighted by Crippen LogP contribution is 2.34. The number of benzene rings is 2. The molecule has 2 heterocycles. The van der Waals surface area contributed by atoms with Gasteiger partial charge in [0.1, 0.15) is 0 Å². The van der Waals surface area contributed by atoms with E-state index >= 15 is 0 Å². The van der Waals surface area contributed by atoms with Crippen molar-refractivity contribution in [1.82, 2.24) is 14.8 Å². The SMILES string of the molecule is CN(C)Cc1ccc(C2CCCN2C(=O)c2c[nH]c(=O)c3ccccc23)cc1. The van der Waals surface area contributed by atoms with E-state index in [4.69, 9.17) is 0 Å². The zero-order valence-electron chi connectivity index (χ0n) is 16.3. The fourth-order valence-electron chi connectivity index (χ4n) is 4.11. The Balaban J connectivity index is 1.65. The van der Waals surface area contributed by atoms with E-state index in [0.717, 1.165) is 25.9 Å². The molecule has 2 aromatic carbocycles. The van der Waals surface area contributed by atoms with Gasteiger partial charge in [-0.2, -0.15) is 0 Å². The minimum Gasteiger partial charge on any atom is -0.332 e. The van der Waals surface area contributed by atoms with E-state index in [1.54, 1.807) is 12.3 Å². The molecular formula is C23H25N3O2. The number of rotatable bonds is 4. The van der Waals surface area contributed by atoms with Crippen LogP contribution >= 0.6 is 0 Å². The van der Waals surface area contributed by atoms with Gasteiger partial charge in [-0.15, -0.1) is 0 Å². The summed E-state index contributed by atoms with van der Waals surface area (Å²) in [6.07, 6.45) is 3.50. The van der Waals surface area contributed by atoms with E-state index in [2.05, 4.69) is 48.2 Å². The van der Waals surface area contributed by atoms with Crippen molar-refractivity contribution in [1.29, 1.82) is 0 Å². The molecule has 0 saturated carbocycles. The predicted molar refractivity (Wildman–Crippen MR) is 111 cm³/mol. The van der Waals surface area contributed by atoms with Crippen molar-refractivity contribution in [2.75, 3.05) is 20.6 Å². The van der Waals surface area contributed by atoms with Crippen molar-refractivity contribution < 1.29 is 4.79 Å². The number of nitrogens with zero attached hydrogens (tertiary/aromatic N) is 2. The van der Waals surface area contributed by atoms with Gasteiger partial charge in [-0.25, -0.2) is 0 Å². The third kappa shape index (κ3) is 3.45. The van der Waals surface area contributed by atoms with Crippen LogP contribution in [0.25, 0.3) is 10.8 Å². The van der Waals surface area contributed by atoms with Gasteiger partial charge in [0.05, 0.1) is 11.6 Å². The van der Waals surface area contributed by atoms with Crippen LogP contribution in [0.4, 0.5) is 0 Å². The molecule has 1 N–H and O–H groups in total.